The maximum absolute atomic E-state index is 12.8. The predicted molar refractivity (Wildman–Crippen MR) is 86.4 cm³/mol. The molecule has 0 spiro atoms. The number of thiol groups is 1. The molecule has 0 saturated carbocycles. The number of aliphatic carboxylic acids is 1. The van der Waals surface area contributed by atoms with Gasteiger partial charge >= 0.3 is 5.97 Å². The minimum absolute atomic E-state index is 0.0905. The average molecular weight is 337 g/mol. The number of carboxylic acid groups (broad SMARTS) is 1. The van der Waals surface area contributed by atoms with Gasteiger partial charge in [-0.1, -0.05) is 30.3 Å². The van der Waals surface area contributed by atoms with Crippen molar-refractivity contribution in [2.75, 3.05) is 6.54 Å². The van der Waals surface area contributed by atoms with Crippen molar-refractivity contribution in [3.8, 4) is 0 Å². The van der Waals surface area contributed by atoms with Crippen LogP contribution in [0.3, 0.4) is 0 Å². The van der Waals surface area contributed by atoms with Crippen LogP contribution in [-0.2, 0) is 14.8 Å². The molecule has 1 fully saturated rings. The van der Waals surface area contributed by atoms with Crippen LogP contribution in [0.2, 0.25) is 0 Å². The molecule has 1 unspecified atom stereocenters. The first-order valence-corrected chi connectivity index (χ1v) is 8.72. The third kappa shape index (κ3) is 2.29. The molecule has 0 amide bonds. The number of rotatable bonds is 3. The van der Waals surface area contributed by atoms with Crippen molar-refractivity contribution in [2.24, 2.45) is 0 Å². The van der Waals surface area contributed by atoms with Gasteiger partial charge in [0, 0.05) is 6.54 Å². The summed E-state index contributed by atoms with van der Waals surface area (Å²) in [4.78, 5) is 9.86. The Hall–Kier alpha value is -1.57. The van der Waals surface area contributed by atoms with Crippen molar-refractivity contribution < 1.29 is 18.3 Å². The second kappa shape index (κ2) is 5.26. The summed E-state index contributed by atoms with van der Waals surface area (Å²) < 4.78 is 26.6. The van der Waals surface area contributed by atoms with E-state index >= 15 is 0 Å². The van der Waals surface area contributed by atoms with Crippen molar-refractivity contribution >= 4 is 39.4 Å². The molecular formula is C15H15NO4S2. The molecule has 1 aliphatic heterocycles. The zero-order valence-corrected chi connectivity index (χ0v) is 13.3. The Balaban J connectivity index is 2.10. The second-order valence-electron chi connectivity index (χ2n) is 5.31. The number of hydrogen-bond acceptors (Lipinski definition) is 4. The van der Waals surface area contributed by atoms with Crippen LogP contribution in [0.15, 0.2) is 47.4 Å². The maximum Gasteiger partial charge on any atom is 0.335 e. The molecule has 1 atom stereocenters. The lowest BCUT2D eigenvalue weighted by Gasteiger charge is -2.29. The molecular weight excluding hydrogens is 322 g/mol. The van der Waals surface area contributed by atoms with Gasteiger partial charge in [-0.2, -0.15) is 4.31 Å². The molecule has 2 aromatic rings. The van der Waals surface area contributed by atoms with Gasteiger partial charge in [-0.25, -0.2) is 13.2 Å². The lowest BCUT2D eigenvalue weighted by Crippen LogP contribution is -2.48. The molecule has 1 N–H and O–H groups in total. The number of fused-ring (bicyclic) bond motifs is 1. The van der Waals surface area contributed by atoms with Crippen LogP contribution >= 0.6 is 12.6 Å². The minimum Gasteiger partial charge on any atom is -0.479 e. The summed E-state index contributed by atoms with van der Waals surface area (Å²) in [5, 5.41) is 11.1. The highest BCUT2D eigenvalue weighted by Gasteiger charge is 2.50. The fourth-order valence-electron chi connectivity index (χ4n) is 2.77. The zero-order chi connectivity index (χ0) is 16.0. The predicted octanol–water partition coefficient (Wildman–Crippen LogP) is 2.34. The van der Waals surface area contributed by atoms with Gasteiger partial charge < -0.3 is 5.11 Å². The van der Waals surface area contributed by atoms with E-state index in [1.807, 2.05) is 24.3 Å². The van der Waals surface area contributed by atoms with Gasteiger partial charge in [-0.15, -0.1) is 12.6 Å². The largest absolute Gasteiger partial charge is 0.479 e. The third-order valence-electron chi connectivity index (χ3n) is 3.95. The highest BCUT2D eigenvalue weighted by atomic mass is 32.2. The van der Waals surface area contributed by atoms with E-state index in [-0.39, 0.29) is 17.9 Å². The molecule has 22 heavy (non-hydrogen) atoms. The van der Waals surface area contributed by atoms with Gasteiger partial charge in [0.1, 0.15) is 0 Å². The highest BCUT2D eigenvalue weighted by molar-refractivity contribution is 7.91. The molecule has 0 radical (unpaired) electrons. The lowest BCUT2D eigenvalue weighted by atomic mass is 10.1. The summed E-state index contributed by atoms with van der Waals surface area (Å²) in [6.45, 7) is 0.158. The van der Waals surface area contributed by atoms with E-state index in [0.717, 1.165) is 15.1 Å². The molecule has 5 nitrogen and oxygen atoms in total. The molecule has 7 heteroatoms. The Morgan fingerprint density at radius 2 is 1.86 bits per heavy atom. The molecule has 0 aliphatic carbocycles. The fraction of sp³-hybridized carbons (Fsp3) is 0.267. The Bertz CT molecular complexity index is 849. The van der Waals surface area contributed by atoms with E-state index in [4.69, 9.17) is 0 Å². The summed E-state index contributed by atoms with van der Waals surface area (Å²) in [5.41, 5.74) is 0. The molecule has 1 heterocycles. The van der Waals surface area contributed by atoms with Crippen LogP contribution in [0.4, 0.5) is 0 Å². The van der Waals surface area contributed by atoms with Crippen LogP contribution in [0.1, 0.15) is 12.8 Å². The Morgan fingerprint density at radius 1 is 1.18 bits per heavy atom. The molecule has 3 rings (SSSR count). The molecule has 116 valence electrons. The summed E-state index contributed by atoms with van der Waals surface area (Å²) in [5.74, 6) is -1.24. The van der Waals surface area contributed by atoms with E-state index in [1.165, 1.54) is 6.07 Å². The average Bonchev–Trinajstić information content (AvgIpc) is 2.91. The summed E-state index contributed by atoms with van der Waals surface area (Å²) >= 11 is 4.14. The number of nitrogens with zero attached hydrogens (tertiary/aromatic N) is 1. The molecule has 0 aromatic heterocycles. The monoisotopic (exact) mass is 337 g/mol. The van der Waals surface area contributed by atoms with E-state index in [0.29, 0.717) is 6.42 Å². The highest BCUT2D eigenvalue weighted by Crippen LogP contribution is 2.38. The Kier molecular flexibility index (Phi) is 3.66. The molecule has 0 bridgehead atoms. The first-order chi connectivity index (χ1) is 10.4. The van der Waals surface area contributed by atoms with Crippen molar-refractivity contribution in [3.63, 3.8) is 0 Å². The SMILES string of the molecule is O=C(O)C1(S)CCCN1S(=O)(=O)c1ccc2ccccc2c1. The number of carboxylic acids is 1. The van der Waals surface area contributed by atoms with E-state index in [1.54, 1.807) is 12.1 Å². The quantitative estimate of drug-likeness (QED) is 0.843. The van der Waals surface area contributed by atoms with Gasteiger partial charge in [0.15, 0.2) is 4.87 Å². The van der Waals surface area contributed by atoms with Crippen molar-refractivity contribution in [2.45, 2.75) is 22.6 Å². The van der Waals surface area contributed by atoms with Crippen LogP contribution < -0.4 is 0 Å². The molecule has 2 aromatic carbocycles. The topological polar surface area (TPSA) is 74.7 Å². The van der Waals surface area contributed by atoms with Crippen molar-refractivity contribution in [1.82, 2.24) is 4.31 Å². The maximum atomic E-state index is 12.8. The summed E-state index contributed by atoms with van der Waals surface area (Å²) in [6, 6.07) is 12.2. The smallest absolute Gasteiger partial charge is 0.335 e. The van der Waals surface area contributed by atoms with Crippen LogP contribution in [0, 0.1) is 0 Å². The number of hydrogen-bond donors (Lipinski definition) is 2. The summed E-state index contributed by atoms with van der Waals surface area (Å²) in [7, 11) is -3.91. The van der Waals surface area contributed by atoms with Gasteiger partial charge in [-0.05, 0) is 35.7 Å². The molecule has 1 aliphatic rings. The number of sulfonamides is 1. The second-order valence-corrected chi connectivity index (χ2v) is 7.91. The van der Waals surface area contributed by atoms with Gasteiger partial charge in [0.25, 0.3) is 0 Å². The van der Waals surface area contributed by atoms with Gasteiger partial charge in [-0.3, -0.25) is 0 Å². The Labute approximate surface area is 134 Å². The normalized spacial score (nSPS) is 23.0. The fourth-order valence-corrected chi connectivity index (χ4v) is 5.05. The van der Waals surface area contributed by atoms with Gasteiger partial charge in [0.05, 0.1) is 4.90 Å². The minimum atomic E-state index is -3.91. The number of carbonyl (C=O) groups is 1. The third-order valence-corrected chi connectivity index (χ3v) is 6.67. The Morgan fingerprint density at radius 3 is 2.55 bits per heavy atom. The zero-order valence-electron chi connectivity index (χ0n) is 11.6. The standard InChI is InChI=1S/C15H15NO4S2/c17-14(18)15(21)8-3-9-16(15)22(19,20)13-7-6-11-4-1-2-5-12(11)10-13/h1-2,4-7,10,21H,3,8-9H2,(H,17,18). The van der Waals surface area contributed by atoms with Crippen LogP contribution in [0.25, 0.3) is 10.8 Å². The molecule has 1 saturated heterocycles. The van der Waals surface area contributed by atoms with Gasteiger partial charge in [0.2, 0.25) is 10.0 Å². The van der Waals surface area contributed by atoms with Crippen molar-refractivity contribution in [1.29, 1.82) is 0 Å². The lowest BCUT2D eigenvalue weighted by molar-refractivity contribution is -0.142. The van der Waals surface area contributed by atoms with Crippen LogP contribution in [-0.4, -0.2) is 35.2 Å². The van der Waals surface area contributed by atoms with E-state index in [9.17, 15) is 18.3 Å². The summed E-state index contributed by atoms with van der Waals surface area (Å²) in [6.07, 6.45) is 0.668. The first-order valence-electron chi connectivity index (χ1n) is 6.83. The van der Waals surface area contributed by atoms with E-state index < -0.39 is 20.9 Å². The van der Waals surface area contributed by atoms with E-state index in [2.05, 4.69) is 12.6 Å². The number of benzene rings is 2. The first kappa shape index (κ1) is 15.3. The van der Waals surface area contributed by atoms with Crippen molar-refractivity contribution in [3.05, 3.63) is 42.5 Å². The van der Waals surface area contributed by atoms with Crippen LogP contribution in [0.5, 0.6) is 0 Å².